The molecule has 1 aromatic heterocycles. The van der Waals surface area contributed by atoms with E-state index in [2.05, 4.69) is 4.98 Å². The van der Waals surface area contributed by atoms with Crippen molar-refractivity contribution in [1.82, 2.24) is 9.88 Å². The number of carbonyl (C=O) groups excluding carboxylic acids is 1. The molecule has 2 aromatic rings. The van der Waals surface area contributed by atoms with Gasteiger partial charge in [0.15, 0.2) is 0 Å². The maximum atomic E-state index is 12.5. The number of hydrogen-bond donors (Lipinski definition) is 1. The molecule has 0 aliphatic rings. The van der Waals surface area contributed by atoms with Crippen LogP contribution in [0, 0.1) is 0 Å². The monoisotopic (exact) mass is 283 g/mol. The van der Waals surface area contributed by atoms with Crippen LogP contribution in [0.25, 0.3) is 0 Å². The summed E-state index contributed by atoms with van der Waals surface area (Å²) in [6.45, 7) is 3.88. The SMILES string of the molecule is CCN(Cc1ccncc1)C(=O)c1ccc(CCN)cc1. The van der Waals surface area contributed by atoms with E-state index < -0.39 is 0 Å². The maximum Gasteiger partial charge on any atom is 0.254 e. The Labute approximate surface area is 125 Å². The summed E-state index contributed by atoms with van der Waals surface area (Å²) in [5.74, 6) is 0.0496. The topological polar surface area (TPSA) is 59.2 Å². The fraction of sp³-hybridized carbons (Fsp3) is 0.294. The minimum atomic E-state index is 0.0496. The first-order valence-electron chi connectivity index (χ1n) is 7.21. The Kier molecular flexibility index (Phi) is 5.46. The molecular weight excluding hydrogens is 262 g/mol. The van der Waals surface area contributed by atoms with E-state index in [-0.39, 0.29) is 5.91 Å². The van der Waals surface area contributed by atoms with Crippen LogP contribution in [0.4, 0.5) is 0 Å². The molecule has 0 aliphatic heterocycles. The van der Waals surface area contributed by atoms with E-state index in [4.69, 9.17) is 5.73 Å². The van der Waals surface area contributed by atoms with Crippen LogP contribution in [0.15, 0.2) is 48.8 Å². The number of nitrogens with two attached hydrogens (primary N) is 1. The molecule has 1 heterocycles. The molecule has 1 aromatic carbocycles. The van der Waals surface area contributed by atoms with E-state index in [9.17, 15) is 4.79 Å². The zero-order chi connectivity index (χ0) is 15.1. The summed E-state index contributed by atoms with van der Waals surface area (Å²) in [5.41, 5.74) is 8.49. The van der Waals surface area contributed by atoms with E-state index in [1.54, 1.807) is 12.4 Å². The smallest absolute Gasteiger partial charge is 0.254 e. The van der Waals surface area contributed by atoms with Gasteiger partial charge in [-0.15, -0.1) is 0 Å². The normalized spacial score (nSPS) is 10.4. The second kappa shape index (κ2) is 7.55. The lowest BCUT2D eigenvalue weighted by atomic mass is 10.1. The van der Waals surface area contributed by atoms with Gasteiger partial charge in [0.25, 0.3) is 5.91 Å². The van der Waals surface area contributed by atoms with Crippen molar-refractivity contribution in [3.05, 3.63) is 65.5 Å². The highest BCUT2D eigenvalue weighted by Gasteiger charge is 2.14. The van der Waals surface area contributed by atoms with Crippen LogP contribution in [0.1, 0.15) is 28.4 Å². The molecule has 1 amide bonds. The number of pyridine rings is 1. The highest BCUT2D eigenvalue weighted by molar-refractivity contribution is 5.94. The molecule has 0 aliphatic carbocycles. The predicted octanol–water partition coefficient (Wildman–Crippen LogP) is 2.25. The van der Waals surface area contributed by atoms with Crippen molar-refractivity contribution in [2.45, 2.75) is 19.9 Å². The van der Waals surface area contributed by atoms with Gasteiger partial charge in [-0.25, -0.2) is 0 Å². The number of benzene rings is 1. The lowest BCUT2D eigenvalue weighted by Crippen LogP contribution is -2.30. The van der Waals surface area contributed by atoms with Gasteiger partial charge in [-0.05, 0) is 55.3 Å². The molecule has 21 heavy (non-hydrogen) atoms. The van der Waals surface area contributed by atoms with Gasteiger partial charge in [-0.1, -0.05) is 12.1 Å². The van der Waals surface area contributed by atoms with Crippen LogP contribution in [0.2, 0.25) is 0 Å². The first kappa shape index (κ1) is 15.2. The van der Waals surface area contributed by atoms with Crippen LogP contribution in [0.5, 0.6) is 0 Å². The summed E-state index contributed by atoms with van der Waals surface area (Å²) in [7, 11) is 0. The number of hydrogen-bond acceptors (Lipinski definition) is 3. The molecule has 0 radical (unpaired) electrons. The highest BCUT2D eigenvalue weighted by Crippen LogP contribution is 2.11. The second-order valence-corrected chi connectivity index (χ2v) is 4.91. The zero-order valence-corrected chi connectivity index (χ0v) is 12.3. The third-order valence-electron chi connectivity index (χ3n) is 3.43. The Morgan fingerprint density at radius 3 is 2.33 bits per heavy atom. The number of aromatic nitrogens is 1. The lowest BCUT2D eigenvalue weighted by molar-refractivity contribution is 0.0752. The van der Waals surface area contributed by atoms with Gasteiger partial charge >= 0.3 is 0 Å². The molecule has 0 saturated heterocycles. The molecule has 2 rings (SSSR count). The van der Waals surface area contributed by atoms with Gasteiger partial charge in [0.2, 0.25) is 0 Å². The first-order valence-corrected chi connectivity index (χ1v) is 7.21. The van der Waals surface area contributed by atoms with Crippen LogP contribution in [-0.2, 0) is 13.0 Å². The minimum absolute atomic E-state index is 0.0496. The number of amides is 1. The molecule has 0 fully saturated rings. The number of nitrogens with zero attached hydrogens (tertiary/aromatic N) is 2. The van der Waals surface area contributed by atoms with E-state index in [1.807, 2.05) is 48.2 Å². The average molecular weight is 283 g/mol. The Bertz CT molecular complexity index is 566. The van der Waals surface area contributed by atoms with E-state index >= 15 is 0 Å². The standard InChI is InChI=1S/C17H21N3O/c1-2-20(13-15-8-11-19-12-9-15)17(21)16-5-3-14(4-6-16)7-10-18/h3-6,8-9,11-12H,2,7,10,13,18H2,1H3. The van der Waals surface area contributed by atoms with Gasteiger partial charge in [0, 0.05) is 31.0 Å². The quantitative estimate of drug-likeness (QED) is 0.884. The van der Waals surface area contributed by atoms with Crippen LogP contribution in [-0.4, -0.2) is 28.9 Å². The summed E-state index contributed by atoms with van der Waals surface area (Å²) in [5, 5.41) is 0. The van der Waals surface area contributed by atoms with Crippen molar-refractivity contribution in [3.8, 4) is 0 Å². The summed E-state index contributed by atoms with van der Waals surface area (Å²) in [4.78, 5) is 18.4. The third kappa shape index (κ3) is 4.13. The van der Waals surface area contributed by atoms with Crippen molar-refractivity contribution in [2.75, 3.05) is 13.1 Å². The van der Waals surface area contributed by atoms with Crippen molar-refractivity contribution < 1.29 is 4.79 Å². The Hall–Kier alpha value is -2.20. The Morgan fingerprint density at radius 1 is 1.10 bits per heavy atom. The maximum absolute atomic E-state index is 12.5. The minimum Gasteiger partial charge on any atom is -0.335 e. The molecule has 2 N–H and O–H groups in total. The zero-order valence-electron chi connectivity index (χ0n) is 12.3. The van der Waals surface area contributed by atoms with E-state index in [0.29, 0.717) is 25.2 Å². The van der Waals surface area contributed by atoms with Crippen LogP contribution >= 0.6 is 0 Å². The Balaban J connectivity index is 2.08. The van der Waals surface area contributed by atoms with Crippen LogP contribution < -0.4 is 5.73 Å². The third-order valence-corrected chi connectivity index (χ3v) is 3.43. The average Bonchev–Trinajstić information content (AvgIpc) is 2.54. The van der Waals surface area contributed by atoms with Gasteiger partial charge in [-0.3, -0.25) is 9.78 Å². The molecule has 4 heteroatoms. The van der Waals surface area contributed by atoms with Crippen molar-refractivity contribution in [1.29, 1.82) is 0 Å². The summed E-state index contributed by atoms with van der Waals surface area (Å²) in [6.07, 6.45) is 4.33. The highest BCUT2D eigenvalue weighted by atomic mass is 16.2. The number of carbonyl (C=O) groups is 1. The molecule has 4 nitrogen and oxygen atoms in total. The van der Waals surface area contributed by atoms with Crippen molar-refractivity contribution >= 4 is 5.91 Å². The van der Waals surface area contributed by atoms with Gasteiger partial charge in [-0.2, -0.15) is 0 Å². The Morgan fingerprint density at radius 2 is 1.76 bits per heavy atom. The van der Waals surface area contributed by atoms with Crippen LogP contribution in [0.3, 0.4) is 0 Å². The molecule has 0 spiro atoms. The molecule has 0 saturated carbocycles. The first-order chi connectivity index (χ1) is 10.2. The number of rotatable bonds is 6. The summed E-state index contributed by atoms with van der Waals surface area (Å²) >= 11 is 0. The van der Waals surface area contributed by atoms with E-state index in [0.717, 1.165) is 17.5 Å². The fourth-order valence-corrected chi connectivity index (χ4v) is 2.20. The summed E-state index contributed by atoms with van der Waals surface area (Å²) in [6, 6.07) is 11.6. The van der Waals surface area contributed by atoms with Gasteiger partial charge < -0.3 is 10.6 Å². The largest absolute Gasteiger partial charge is 0.335 e. The summed E-state index contributed by atoms with van der Waals surface area (Å²) < 4.78 is 0. The molecule has 0 atom stereocenters. The van der Waals surface area contributed by atoms with Crippen molar-refractivity contribution in [3.63, 3.8) is 0 Å². The van der Waals surface area contributed by atoms with Crippen molar-refractivity contribution in [2.24, 2.45) is 5.73 Å². The van der Waals surface area contributed by atoms with Gasteiger partial charge in [0.1, 0.15) is 0 Å². The molecular formula is C17H21N3O. The molecule has 0 bridgehead atoms. The molecule has 0 unspecified atom stereocenters. The fourth-order valence-electron chi connectivity index (χ4n) is 2.20. The lowest BCUT2D eigenvalue weighted by Gasteiger charge is -2.21. The second-order valence-electron chi connectivity index (χ2n) is 4.91. The predicted molar refractivity (Wildman–Crippen MR) is 83.9 cm³/mol. The van der Waals surface area contributed by atoms with E-state index in [1.165, 1.54) is 0 Å². The van der Waals surface area contributed by atoms with Gasteiger partial charge in [0.05, 0.1) is 0 Å². The molecule has 110 valence electrons.